The zero-order valence-corrected chi connectivity index (χ0v) is 13.9. The number of amides is 1. The number of benzene rings is 1. The summed E-state index contributed by atoms with van der Waals surface area (Å²) in [5.74, 6) is -0.360. The number of ether oxygens (including phenoxy) is 2. The Balaban J connectivity index is 1.81. The highest BCUT2D eigenvalue weighted by molar-refractivity contribution is 5.89. The average molecular weight is 320 g/mol. The molecule has 2 rings (SSSR count). The van der Waals surface area contributed by atoms with Crippen LogP contribution >= 0.6 is 0 Å². The number of nitrogen functional groups attached to an aromatic ring is 1. The fraction of sp³-hybridized carbons (Fsp3) is 0.529. The smallest absolute Gasteiger partial charge is 0.410 e. The fourth-order valence-electron chi connectivity index (χ4n) is 2.32. The van der Waals surface area contributed by atoms with Gasteiger partial charge in [0.2, 0.25) is 0 Å². The van der Waals surface area contributed by atoms with E-state index < -0.39 is 5.60 Å². The molecule has 6 heteroatoms. The number of carbonyl (C=O) groups is 2. The van der Waals surface area contributed by atoms with Crippen LogP contribution in [-0.4, -0.2) is 41.8 Å². The third-order valence-corrected chi connectivity index (χ3v) is 3.51. The number of carbonyl (C=O) groups excluding carboxylic acids is 2. The van der Waals surface area contributed by atoms with Crippen LogP contribution in [-0.2, 0) is 9.47 Å². The van der Waals surface area contributed by atoms with Gasteiger partial charge in [-0.3, -0.25) is 0 Å². The van der Waals surface area contributed by atoms with E-state index in [2.05, 4.69) is 0 Å². The first kappa shape index (κ1) is 17.1. The van der Waals surface area contributed by atoms with Crippen molar-refractivity contribution in [1.29, 1.82) is 0 Å². The molecule has 0 saturated carbocycles. The summed E-state index contributed by atoms with van der Waals surface area (Å²) in [6, 6.07) is 6.63. The molecule has 6 nitrogen and oxygen atoms in total. The summed E-state index contributed by atoms with van der Waals surface area (Å²) < 4.78 is 10.8. The van der Waals surface area contributed by atoms with Crippen LogP contribution in [0.25, 0.3) is 0 Å². The van der Waals surface area contributed by atoms with Crippen LogP contribution in [0.2, 0.25) is 0 Å². The molecule has 1 aromatic rings. The maximum atomic E-state index is 12.1. The third-order valence-electron chi connectivity index (χ3n) is 3.51. The second kappa shape index (κ2) is 6.89. The van der Waals surface area contributed by atoms with Gasteiger partial charge in [-0.1, -0.05) is 0 Å². The number of hydrogen-bond acceptors (Lipinski definition) is 5. The Kier molecular flexibility index (Phi) is 5.13. The Morgan fingerprint density at radius 3 is 2.22 bits per heavy atom. The number of nitrogens with zero attached hydrogens (tertiary/aromatic N) is 1. The molecule has 0 spiro atoms. The number of nitrogens with two attached hydrogens (primary N) is 1. The standard InChI is InChI=1S/C17H24N2O4/c1-17(2,3)23-16(21)19-10-8-14(9-11-19)22-15(20)12-4-6-13(18)7-5-12/h4-7,14H,8-11,18H2,1-3H3. The predicted molar refractivity (Wildman–Crippen MR) is 87.1 cm³/mol. The van der Waals surface area contributed by atoms with E-state index in [1.54, 1.807) is 29.2 Å². The molecule has 1 fully saturated rings. The second-order valence-electron chi connectivity index (χ2n) is 6.69. The Morgan fingerprint density at radius 2 is 1.70 bits per heavy atom. The van der Waals surface area contributed by atoms with E-state index in [-0.39, 0.29) is 18.2 Å². The van der Waals surface area contributed by atoms with Gasteiger partial charge in [0.15, 0.2) is 0 Å². The van der Waals surface area contributed by atoms with Crippen molar-refractivity contribution in [2.24, 2.45) is 0 Å². The fourth-order valence-corrected chi connectivity index (χ4v) is 2.32. The van der Waals surface area contributed by atoms with Crippen molar-refractivity contribution in [3.63, 3.8) is 0 Å². The number of likely N-dealkylation sites (tertiary alicyclic amines) is 1. The van der Waals surface area contributed by atoms with Crippen molar-refractivity contribution in [3.8, 4) is 0 Å². The van der Waals surface area contributed by atoms with Crippen LogP contribution in [0.3, 0.4) is 0 Å². The zero-order valence-electron chi connectivity index (χ0n) is 13.9. The molecule has 126 valence electrons. The molecule has 0 aliphatic carbocycles. The lowest BCUT2D eigenvalue weighted by Gasteiger charge is -2.33. The summed E-state index contributed by atoms with van der Waals surface area (Å²) >= 11 is 0. The van der Waals surface area contributed by atoms with E-state index in [1.807, 2.05) is 20.8 Å². The molecule has 1 saturated heterocycles. The number of anilines is 1. The van der Waals surface area contributed by atoms with E-state index in [9.17, 15) is 9.59 Å². The minimum atomic E-state index is -0.504. The second-order valence-corrected chi connectivity index (χ2v) is 6.69. The largest absolute Gasteiger partial charge is 0.459 e. The maximum absolute atomic E-state index is 12.1. The van der Waals surface area contributed by atoms with Gasteiger partial charge < -0.3 is 20.1 Å². The monoisotopic (exact) mass is 320 g/mol. The lowest BCUT2D eigenvalue weighted by Crippen LogP contribution is -2.43. The van der Waals surface area contributed by atoms with Gasteiger partial charge in [0.1, 0.15) is 11.7 Å². The molecule has 1 aromatic carbocycles. The molecule has 1 heterocycles. The van der Waals surface area contributed by atoms with Gasteiger partial charge in [0, 0.05) is 31.6 Å². The summed E-state index contributed by atoms with van der Waals surface area (Å²) in [4.78, 5) is 25.7. The molecular formula is C17H24N2O4. The predicted octanol–water partition coefficient (Wildman–Crippen LogP) is 2.83. The number of hydrogen-bond donors (Lipinski definition) is 1. The molecule has 0 unspecified atom stereocenters. The SMILES string of the molecule is CC(C)(C)OC(=O)N1CCC(OC(=O)c2ccc(N)cc2)CC1. The number of piperidine rings is 1. The number of rotatable bonds is 2. The third kappa shape index (κ3) is 5.16. The minimum Gasteiger partial charge on any atom is -0.459 e. The molecule has 0 aromatic heterocycles. The maximum Gasteiger partial charge on any atom is 0.410 e. The van der Waals surface area contributed by atoms with Crippen LogP contribution in [0.1, 0.15) is 44.0 Å². The van der Waals surface area contributed by atoms with Gasteiger partial charge in [0.25, 0.3) is 0 Å². The molecular weight excluding hydrogens is 296 g/mol. The van der Waals surface area contributed by atoms with Crippen LogP contribution in [0.4, 0.5) is 10.5 Å². The molecule has 1 aliphatic heterocycles. The van der Waals surface area contributed by atoms with E-state index in [0.29, 0.717) is 37.2 Å². The van der Waals surface area contributed by atoms with Gasteiger partial charge in [-0.05, 0) is 45.0 Å². The summed E-state index contributed by atoms with van der Waals surface area (Å²) in [7, 11) is 0. The average Bonchev–Trinajstić information content (AvgIpc) is 2.46. The van der Waals surface area contributed by atoms with Crippen molar-refractivity contribution in [1.82, 2.24) is 4.90 Å². The lowest BCUT2D eigenvalue weighted by atomic mass is 10.1. The Morgan fingerprint density at radius 1 is 1.13 bits per heavy atom. The quantitative estimate of drug-likeness (QED) is 0.669. The molecule has 1 amide bonds. The first-order valence-corrected chi connectivity index (χ1v) is 7.79. The highest BCUT2D eigenvalue weighted by Crippen LogP contribution is 2.19. The summed E-state index contributed by atoms with van der Waals surface area (Å²) in [5, 5.41) is 0. The molecule has 23 heavy (non-hydrogen) atoms. The van der Waals surface area contributed by atoms with Crippen LogP contribution in [0, 0.1) is 0 Å². The molecule has 0 bridgehead atoms. The van der Waals surface area contributed by atoms with Gasteiger partial charge in [-0.25, -0.2) is 9.59 Å². The summed E-state index contributed by atoms with van der Waals surface area (Å²) in [6.45, 7) is 6.56. The normalized spacial score (nSPS) is 16.0. The first-order chi connectivity index (χ1) is 10.7. The van der Waals surface area contributed by atoms with Gasteiger partial charge in [-0.15, -0.1) is 0 Å². The summed E-state index contributed by atoms with van der Waals surface area (Å²) in [6.07, 6.45) is 0.722. The van der Waals surface area contributed by atoms with Crippen LogP contribution in [0.15, 0.2) is 24.3 Å². The minimum absolute atomic E-state index is 0.182. The number of esters is 1. The Labute approximate surface area is 136 Å². The van der Waals surface area contributed by atoms with Crippen molar-refractivity contribution in [3.05, 3.63) is 29.8 Å². The van der Waals surface area contributed by atoms with E-state index >= 15 is 0 Å². The molecule has 0 radical (unpaired) electrons. The Bertz CT molecular complexity index is 555. The first-order valence-electron chi connectivity index (χ1n) is 7.79. The van der Waals surface area contributed by atoms with Gasteiger partial charge in [0.05, 0.1) is 5.56 Å². The summed E-state index contributed by atoms with van der Waals surface area (Å²) in [5.41, 5.74) is 6.18. The Hall–Kier alpha value is -2.24. The lowest BCUT2D eigenvalue weighted by molar-refractivity contribution is -0.00339. The highest BCUT2D eigenvalue weighted by Gasteiger charge is 2.28. The van der Waals surface area contributed by atoms with Crippen molar-refractivity contribution < 1.29 is 19.1 Å². The highest BCUT2D eigenvalue weighted by atomic mass is 16.6. The molecule has 0 atom stereocenters. The van der Waals surface area contributed by atoms with Crippen LogP contribution < -0.4 is 5.73 Å². The van der Waals surface area contributed by atoms with Crippen molar-refractivity contribution in [2.45, 2.75) is 45.3 Å². The van der Waals surface area contributed by atoms with Crippen molar-refractivity contribution in [2.75, 3.05) is 18.8 Å². The molecule has 1 aliphatic rings. The van der Waals surface area contributed by atoms with Crippen molar-refractivity contribution >= 4 is 17.7 Å². The van der Waals surface area contributed by atoms with E-state index in [0.717, 1.165) is 0 Å². The zero-order chi connectivity index (χ0) is 17.0. The molecule has 2 N–H and O–H groups in total. The van der Waals surface area contributed by atoms with Gasteiger partial charge >= 0.3 is 12.1 Å². The topological polar surface area (TPSA) is 81.9 Å². The van der Waals surface area contributed by atoms with Gasteiger partial charge in [-0.2, -0.15) is 0 Å². The van der Waals surface area contributed by atoms with E-state index in [1.165, 1.54) is 0 Å². The van der Waals surface area contributed by atoms with E-state index in [4.69, 9.17) is 15.2 Å². The van der Waals surface area contributed by atoms with Crippen LogP contribution in [0.5, 0.6) is 0 Å².